The van der Waals surface area contributed by atoms with Gasteiger partial charge in [-0.15, -0.1) is 0 Å². The predicted octanol–water partition coefficient (Wildman–Crippen LogP) is 2.92. The van der Waals surface area contributed by atoms with Crippen LogP contribution in [0.15, 0.2) is 10.5 Å². The number of rotatable bonds is 1. The van der Waals surface area contributed by atoms with Crippen LogP contribution in [0.4, 0.5) is 0 Å². The van der Waals surface area contributed by atoms with E-state index in [4.69, 9.17) is 9.31 Å². The summed E-state index contributed by atoms with van der Waals surface area (Å²) in [6.45, 7) is 10.1. The van der Waals surface area contributed by atoms with Crippen LogP contribution >= 0.6 is 15.9 Å². The predicted molar refractivity (Wildman–Crippen MR) is 58.8 cm³/mol. The highest BCUT2D eigenvalue weighted by molar-refractivity contribution is 9.11. The van der Waals surface area contributed by atoms with Crippen molar-refractivity contribution in [3.05, 3.63) is 10.5 Å². The molecule has 13 heavy (non-hydrogen) atoms. The zero-order valence-electron chi connectivity index (χ0n) is 8.85. The molecule has 0 N–H and O–H groups in total. The third kappa shape index (κ3) is 2.36. The standard InChI is InChI=1S/C9H16BBrO2/c1-7(11)6-10-12-8(2,3)9(4,5)13-10/h6H,1-5H3/b7-6+. The second-order valence-corrected chi connectivity index (χ2v) is 5.63. The lowest BCUT2D eigenvalue weighted by atomic mass is 9.90. The zero-order valence-corrected chi connectivity index (χ0v) is 10.4. The lowest BCUT2D eigenvalue weighted by Gasteiger charge is -2.32. The van der Waals surface area contributed by atoms with Crippen LogP contribution in [0.5, 0.6) is 0 Å². The van der Waals surface area contributed by atoms with Gasteiger partial charge in [0.1, 0.15) is 0 Å². The van der Waals surface area contributed by atoms with Crippen LogP contribution in [0.1, 0.15) is 34.6 Å². The third-order valence-electron chi connectivity index (χ3n) is 2.64. The largest absolute Gasteiger partial charge is 0.487 e. The van der Waals surface area contributed by atoms with Crippen molar-refractivity contribution in [3.63, 3.8) is 0 Å². The summed E-state index contributed by atoms with van der Waals surface area (Å²) in [4.78, 5) is 0. The molecule has 0 amide bonds. The number of allylic oxidation sites excluding steroid dienone is 1. The van der Waals surface area contributed by atoms with Gasteiger partial charge in [0.05, 0.1) is 11.2 Å². The molecule has 0 unspecified atom stereocenters. The van der Waals surface area contributed by atoms with Gasteiger partial charge in [-0.3, -0.25) is 0 Å². The van der Waals surface area contributed by atoms with Crippen LogP contribution in [-0.4, -0.2) is 18.3 Å². The van der Waals surface area contributed by atoms with Gasteiger partial charge in [0.2, 0.25) is 0 Å². The normalized spacial score (nSPS) is 26.6. The Morgan fingerprint density at radius 3 is 1.85 bits per heavy atom. The van der Waals surface area contributed by atoms with Crippen molar-refractivity contribution in [1.82, 2.24) is 0 Å². The monoisotopic (exact) mass is 246 g/mol. The first-order valence-electron chi connectivity index (χ1n) is 4.44. The molecular weight excluding hydrogens is 231 g/mol. The first kappa shape index (κ1) is 11.3. The summed E-state index contributed by atoms with van der Waals surface area (Å²) in [5, 5.41) is 0. The molecule has 1 rings (SSSR count). The van der Waals surface area contributed by atoms with Crippen molar-refractivity contribution in [3.8, 4) is 0 Å². The summed E-state index contributed by atoms with van der Waals surface area (Å²) in [7, 11) is -0.232. The molecule has 0 aromatic rings. The molecule has 0 spiro atoms. The van der Waals surface area contributed by atoms with Gasteiger partial charge in [0, 0.05) is 0 Å². The number of halogens is 1. The van der Waals surface area contributed by atoms with Crippen molar-refractivity contribution in [2.75, 3.05) is 0 Å². The molecule has 0 aromatic carbocycles. The van der Waals surface area contributed by atoms with E-state index in [2.05, 4.69) is 15.9 Å². The average Bonchev–Trinajstić information content (AvgIpc) is 1.98. The van der Waals surface area contributed by atoms with Gasteiger partial charge < -0.3 is 9.31 Å². The SMILES string of the molecule is C/C(Br)=C\B1OC(C)(C)C(C)(C)O1. The van der Waals surface area contributed by atoms with Crippen LogP contribution in [0, 0.1) is 0 Å². The highest BCUT2D eigenvalue weighted by Gasteiger charge is 2.50. The molecule has 1 heterocycles. The minimum absolute atomic E-state index is 0.232. The average molecular weight is 247 g/mol. The fourth-order valence-electron chi connectivity index (χ4n) is 1.14. The molecule has 2 nitrogen and oxygen atoms in total. The van der Waals surface area contributed by atoms with Crippen LogP contribution in [0.3, 0.4) is 0 Å². The Morgan fingerprint density at radius 2 is 1.54 bits per heavy atom. The molecule has 0 radical (unpaired) electrons. The van der Waals surface area contributed by atoms with E-state index >= 15 is 0 Å². The van der Waals surface area contributed by atoms with Crippen molar-refractivity contribution in [1.29, 1.82) is 0 Å². The maximum atomic E-state index is 5.75. The first-order chi connectivity index (χ1) is 5.74. The highest BCUT2D eigenvalue weighted by atomic mass is 79.9. The molecule has 0 saturated carbocycles. The highest BCUT2D eigenvalue weighted by Crippen LogP contribution is 2.37. The molecule has 0 bridgehead atoms. The Hall–Kier alpha value is 0.205. The molecule has 1 saturated heterocycles. The summed E-state index contributed by atoms with van der Waals surface area (Å²) in [5.41, 5.74) is -0.479. The van der Waals surface area contributed by atoms with E-state index in [1.54, 1.807) is 0 Å². The molecule has 1 fully saturated rings. The maximum Gasteiger partial charge on any atom is 0.487 e. The Labute approximate surface area is 89.0 Å². The van der Waals surface area contributed by atoms with E-state index in [9.17, 15) is 0 Å². The maximum absolute atomic E-state index is 5.75. The molecule has 4 heteroatoms. The minimum Gasteiger partial charge on any atom is -0.400 e. The van der Waals surface area contributed by atoms with E-state index in [1.807, 2.05) is 40.6 Å². The molecular formula is C9H16BBrO2. The van der Waals surface area contributed by atoms with Crippen molar-refractivity contribution in [2.45, 2.75) is 45.8 Å². The summed E-state index contributed by atoms with van der Waals surface area (Å²) in [6, 6.07) is 0. The minimum atomic E-state index is -0.239. The van der Waals surface area contributed by atoms with Crippen molar-refractivity contribution < 1.29 is 9.31 Å². The van der Waals surface area contributed by atoms with Gasteiger partial charge >= 0.3 is 7.12 Å². The Kier molecular flexibility index (Phi) is 2.96. The molecule has 0 atom stereocenters. The molecule has 74 valence electrons. The van der Waals surface area contributed by atoms with Crippen molar-refractivity contribution in [2.24, 2.45) is 0 Å². The summed E-state index contributed by atoms with van der Waals surface area (Å²) < 4.78 is 12.5. The Balaban J connectivity index is 2.77. The van der Waals surface area contributed by atoms with E-state index in [1.165, 1.54) is 0 Å². The van der Waals surface area contributed by atoms with Gasteiger partial charge in [-0.25, -0.2) is 0 Å². The van der Waals surface area contributed by atoms with Crippen molar-refractivity contribution >= 4 is 23.0 Å². The second kappa shape index (κ2) is 3.41. The second-order valence-electron chi connectivity index (χ2n) is 4.38. The van der Waals surface area contributed by atoms with Crippen LogP contribution in [0.2, 0.25) is 0 Å². The van der Waals surface area contributed by atoms with Gasteiger partial charge in [-0.1, -0.05) is 15.9 Å². The van der Waals surface area contributed by atoms with Gasteiger partial charge in [0.15, 0.2) is 0 Å². The van der Waals surface area contributed by atoms with Gasteiger partial charge in [0.25, 0.3) is 0 Å². The van der Waals surface area contributed by atoms with E-state index in [0.717, 1.165) is 4.48 Å². The van der Waals surface area contributed by atoms with Crippen LogP contribution in [-0.2, 0) is 9.31 Å². The smallest absolute Gasteiger partial charge is 0.400 e. The number of hydrogen-bond donors (Lipinski definition) is 0. The fourth-order valence-corrected chi connectivity index (χ4v) is 1.36. The third-order valence-corrected chi connectivity index (χ3v) is 2.90. The quantitative estimate of drug-likeness (QED) is 0.663. The van der Waals surface area contributed by atoms with Crippen LogP contribution in [0.25, 0.3) is 0 Å². The van der Waals surface area contributed by atoms with Gasteiger partial charge in [-0.2, -0.15) is 0 Å². The molecule has 1 aliphatic heterocycles. The lowest BCUT2D eigenvalue weighted by molar-refractivity contribution is 0.00578. The van der Waals surface area contributed by atoms with E-state index < -0.39 is 0 Å². The lowest BCUT2D eigenvalue weighted by Crippen LogP contribution is -2.41. The summed E-state index contributed by atoms with van der Waals surface area (Å²) in [5.74, 6) is 1.93. The Morgan fingerprint density at radius 1 is 1.15 bits per heavy atom. The Bertz CT molecular complexity index is 216. The topological polar surface area (TPSA) is 18.5 Å². The summed E-state index contributed by atoms with van der Waals surface area (Å²) >= 11 is 3.36. The fraction of sp³-hybridized carbons (Fsp3) is 0.778. The zero-order chi connectivity index (χ0) is 10.3. The molecule has 1 aliphatic rings. The van der Waals surface area contributed by atoms with E-state index in [-0.39, 0.29) is 18.3 Å². The van der Waals surface area contributed by atoms with Gasteiger partial charge in [-0.05, 0) is 45.1 Å². The molecule has 0 aliphatic carbocycles. The summed E-state index contributed by atoms with van der Waals surface area (Å²) in [6.07, 6.45) is 0. The van der Waals surface area contributed by atoms with Crippen LogP contribution < -0.4 is 0 Å². The number of hydrogen-bond acceptors (Lipinski definition) is 2. The van der Waals surface area contributed by atoms with E-state index in [0.29, 0.717) is 0 Å². The first-order valence-corrected chi connectivity index (χ1v) is 5.23. The molecule has 0 aromatic heterocycles.